The molecule has 1 amide bonds. The predicted molar refractivity (Wildman–Crippen MR) is 112 cm³/mol. The Kier molecular flexibility index (Phi) is 6.24. The molecule has 31 heavy (non-hydrogen) atoms. The summed E-state index contributed by atoms with van der Waals surface area (Å²) >= 11 is 1.49. The number of nitrogens with one attached hydrogen (secondary N) is 1. The molecule has 4 rings (SSSR count). The van der Waals surface area contributed by atoms with Gasteiger partial charge >= 0.3 is 6.18 Å². The minimum absolute atomic E-state index is 0.0136. The molecule has 0 unspecified atom stereocenters. The Morgan fingerprint density at radius 3 is 2.77 bits per heavy atom. The largest absolute Gasteiger partial charge is 0.433 e. The van der Waals surface area contributed by atoms with Crippen LogP contribution in [0.2, 0.25) is 0 Å². The van der Waals surface area contributed by atoms with Gasteiger partial charge in [-0.1, -0.05) is 18.9 Å². The van der Waals surface area contributed by atoms with E-state index in [0.717, 1.165) is 42.0 Å². The van der Waals surface area contributed by atoms with Crippen molar-refractivity contribution in [1.82, 2.24) is 15.3 Å². The number of nitrogens with zero attached hydrogens (tertiary/aromatic N) is 2. The first kappa shape index (κ1) is 21.7. The molecule has 164 valence electrons. The standard InChI is InChI=1S/C22H22F3N3O2S/c1-30-18-5-3-2-4-15(18)28-21(29)17-11-14(20-16(27-17)8-9-31-20)10-13-6-7-19(26-12-13)22(23,24)25/h6-9,11-12,15,18H,2-5,10H2,1H3,(H,28,29)/t15-,18-/m1/s1. The van der Waals surface area contributed by atoms with Crippen molar-refractivity contribution in [2.75, 3.05) is 7.11 Å². The first-order valence-electron chi connectivity index (χ1n) is 10.1. The molecule has 1 N–H and O–H groups in total. The number of amides is 1. The minimum atomic E-state index is -4.47. The maximum Gasteiger partial charge on any atom is 0.433 e. The fourth-order valence-corrected chi connectivity index (χ4v) is 4.82. The molecule has 3 heterocycles. The normalized spacial score (nSPS) is 19.5. The fourth-order valence-electron chi connectivity index (χ4n) is 3.97. The number of fused-ring (bicyclic) bond motifs is 1. The molecule has 1 aliphatic carbocycles. The highest BCUT2D eigenvalue weighted by Gasteiger charge is 2.32. The van der Waals surface area contributed by atoms with Crippen molar-refractivity contribution in [3.63, 3.8) is 0 Å². The summed E-state index contributed by atoms with van der Waals surface area (Å²) in [5.41, 5.74) is 1.53. The number of methoxy groups -OCH3 is 1. The number of hydrogen-bond donors (Lipinski definition) is 1. The lowest BCUT2D eigenvalue weighted by Crippen LogP contribution is -2.46. The number of thiophene rings is 1. The quantitative estimate of drug-likeness (QED) is 0.596. The van der Waals surface area contributed by atoms with Crippen molar-refractivity contribution in [2.24, 2.45) is 0 Å². The van der Waals surface area contributed by atoms with Crippen LogP contribution in [0.4, 0.5) is 13.2 Å². The van der Waals surface area contributed by atoms with Crippen LogP contribution in [0.15, 0.2) is 35.8 Å². The van der Waals surface area contributed by atoms with Gasteiger partial charge in [-0.15, -0.1) is 11.3 Å². The van der Waals surface area contributed by atoms with Crippen LogP contribution >= 0.6 is 11.3 Å². The summed E-state index contributed by atoms with van der Waals surface area (Å²) in [6.07, 6.45) is 0.979. The van der Waals surface area contributed by atoms with Crippen LogP contribution in [0.5, 0.6) is 0 Å². The number of pyridine rings is 2. The van der Waals surface area contributed by atoms with Crippen molar-refractivity contribution >= 4 is 27.5 Å². The van der Waals surface area contributed by atoms with Crippen molar-refractivity contribution in [3.05, 3.63) is 58.4 Å². The molecule has 0 saturated heterocycles. The van der Waals surface area contributed by atoms with Crippen LogP contribution in [0.1, 0.15) is 53.0 Å². The van der Waals surface area contributed by atoms with Crippen molar-refractivity contribution in [3.8, 4) is 0 Å². The fraction of sp³-hybridized carbons (Fsp3) is 0.409. The van der Waals surface area contributed by atoms with E-state index in [1.54, 1.807) is 13.2 Å². The van der Waals surface area contributed by atoms with Gasteiger partial charge in [-0.3, -0.25) is 9.78 Å². The lowest BCUT2D eigenvalue weighted by atomic mass is 9.92. The van der Waals surface area contributed by atoms with Gasteiger partial charge in [-0.05, 0) is 47.5 Å². The molecule has 1 saturated carbocycles. The third-order valence-corrected chi connectivity index (χ3v) is 6.53. The Bertz CT molecular complexity index is 1070. The van der Waals surface area contributed by atoms with E-state index in [2.05, 4.69) is 15.3 Å². The van der Waals surface area contributed by atoms with Crippen LogP contribution in [0.25, 0.3) is 10.2 Å². The molecule has 5 nitrogen and oxygen atoms in total. The minimum Gasteiger partial charge on any atom is -0.379 e. The van der Waals surface area contributed by atoms with Gasteiger partial charge in [0.05, 0.1) is 22.4 Å². The molecule has 1 fully saturated rings. The lowest BCUT2D eigenvalue weighted by molar-refractivity contribution is -0.141. The predicted octanol–water partition coefficient (Wildman–Crippen LogP) is 4.99. The van der Waals surface area contributed by atoms with E-state index in [0.29, 0.717) is 23.2 Å². The average molecular weight is 449 g/mol. The van der Waals surface area contributed by atoms with Crippen molar-refractivity contribution < 1.29 is 22.7 Å². The lowest BCUT2D eigenvalue weighted by Gasteiger charge is -2.30. The average Bonchev–Trinajstić information content (AvgIpc) is 3.23. The van der Waals surface area contributed by atoms with Gasteiger partial charge in [0, 0.05) is 19.7 Å². The van der Waals surface area contributed by atoms with Crippen molar-refractivity contribution in [1.29, 1.82) is 0 Å². The van der Waals surface area contributed by atoms with E-state index in [4.69, 9.17) is 4.74 Å². The Morgan fingerprint density at radius 1 is 1.26 bits per heavy atom. The summed E-state index contributed by atoms with van der Waals surface area (Å²) in [4.78, 5) is 21.0. The van der Waals surface area contributed by atoms with Crippen LogP contribution in [-0.4, -0.2) is 35.1 Å². The highest BCUT2D eigenvalue weighted by Crippen LogP contribution is 2.29. The van der Waals surface area contributed by atoms with Gasteiger partial charge in [0.1, 0.15) is 11.4 Å². The second-order valence-corrected chi connectivity index (χ2v) is 8.58. The second-order valence-electron chi connectivity index (χ2n) is 7.67. The van der Waals surface area contributed by atoms with E-state index in [1.807, 2.05) is 11.4 Å². The van der Waals surface area contributed by atoms with E-state index < -0.39 is 11.9 Å². The summed E-state index contributed by atoms with van der Waals surface area (Å²) in [6, 6.07) is 5.89. The van der Waals surface area contributed by atoms with Gasteiger partial charge in [0.2, 0.25) is 0 Å². The van der Waals surface area contributed by atoms with Crippen LogP contribution in [-0.2, 0) is 17.3 Å². The van der Waals surface area contributed by atoms with Crippen molar-refractivity contribution in [2.45, 2.75) is 50.4 Å². The Morgan fingerprint density at radius 2 is 2.06 bits per heavy atom. The molecule has 3 aromatic heterocycles. The molecule has 2 atom stereocenters. The van der Waals surface area contributed by atoms with Gasteiger partial charge in [-0.25, -0.2) is 4.98 Å². The first-order chi connectivity index (χ1) is 14.8. The van der Waals surface area contributed by atoms with Crippen LogP contribution in [0, 0.1) is 0 Å². The number of carbonyl (C=O) groups excluding carboxylic acids is 1. The molecular formula is C22H22F3N3O2S. The van der Waals surface area contributed by atoms with Gasteiger partial charge < -0.3 is 10.1 Å². The van der Waals surface area contributed by atoms with E-state index in [-0.39, 0.29) is 18.1 Å². The van der Waals surface area contributed by atoms with Gasteiger partial charge in [0.15, 0.2) is 0 Å². The number of halogens is 3. The van der Waals surface area contributed by atoms with E-state index >= 15 is 0 Å². The van der Waals surface area contributed by atoms with Gasteiger partial charge in [0.25, 0.3) is 5.91 Å². The molecule has 0 aromatic carbocycles. The van der Waals surface area contributed by atoms with Gasteiger partial charge in [-0.2, -0.15) is 13.2 Å². The maximum absolute atomic E-state index is 12.9. The number of alkyl halides is 3. The molecule has 9 heteroatoms. The molecule has 3 aromatic rings. The Labute approximate surface area is 181 Å². The van der Waals surface area contributed by atoms with Crippen LogP contribution in [0.3, 0.4) is 0 Å². The third kappa shape index (κ3) is 4.88. The Hall–Kier alpha value is -2.52. The summed E-state index contributed by atoms with van der Waals surface area (Å²) in [7, 11) is 1.65. The van der Waals surface area contributed by atoms with Crippen LogP contribution < -0.4 is 5.32 Å². The topological polar surface area (TPSA) is 64.1 Å². The summed E-state index contributed by atoms with van der Waals surface area (Å²) < 4.78 is 44.8. The number of aromatic nitrogens is 2. The van der Waals surface area contributed by atoms with E-state index in [1.165, 1.54) is 23.6 Å². The summed E-state index contributed by atoms with van der Waals surface area (Å²) in [5, 5.41) is 4.93. The molecule has 0 spiro atoms. The molecule has 0 bridgehead atoms. The molecule has 0 aliphatic heterocycles. The first-order valence-corrected chi connectivity index (χ1v) is 11.0. The number of hydrogen-bond acceptors (Lipinski definition) is 5. The summed E-state index contributed by atoms with van der Waals surface area (Å²) in [6.45, 7) is 0. The SMILES string of the molecule is CO[C@@H]1CCCC[C@H]1NC(=O)c1cc(Cc2ccc(C(F)(F)F)nc2)c2sccc2n1. The highest BCUT2D eigenvalue weighted by atomic mass is 32.1. The molecular weight excluding hydrogens is 427 g/mol. The number of carbonyl (C=O) groups is 1. The monoisotopic (exact) mass is 449 g/mol. The zero-order chi connectivity index (χ0) is 22.0. The zero-order valence-electron chi connectivity index (χ0n) is 16.9. The number of ether oxygens (including phenoxy) is 1. The molecule has 0 radical (unpaired) electrons. The zero-order valence-corrected chi connectivity index (χ0v) is 17.7. The number of rotatable bonds is 5. The second kappa shape index (κ2) is 8.92. The smallest absolute Gasteiger partial charge is 0.379 e. The third-order valence-electron chi connectivity index (χ3n) is 5.55. The highest BCUT2D eigenvalue weighted by molar-refractivity contribution is 7.17. The maximum atomic E-state index is 12.9. The van der Waals surface area contributed by atoms with E-state index in [9.17, 15) is 18.0 Å². The molecule has 1 aliphatic rings. The summed E-state index contributed by atoms with van der Waals surface area (Å²) in [5.74, 6) is -0.270. The Balaban J connectivity index is 1.58.